The Morgan fingerprint density at radius 1 is 1.44 bits per heavy atom. The van der Waals surface area contributed by atoms with Crippen LogP contribution in [0.25, 0.3) is 0 Å². The van der Waals surface area contributed by atoms with Crippen molar-refractivity contribution in [2.45, 2.75) is 49.4 Å². The summed E-state index contributed by atoms with van der Waals surface area (Å²) in [4.78, 5) is 13.9. The molecule has 0 spiro atoms. The molecule has 1 unspecified atom stereocenters. The molecule has 94 valence electrons. The zero-order valence-corrected chi connectivity index (χ0v) is 12.1. The van der Waals surface area contributed by atoms with E-state index in [1.54, 1.807) is 0 Å². The van der Waals surface area contributed by atoms with Gasteiger partial charge in [0, 0.05) is 12.1 Å². The molecule has 1 rings (SSSR count). The summed E-state index contributed by atoms with van der Waals surface area (Å²) in [5.74, 6) is 0.121. The van der Waals surface area contributed by atoms with Crippen molar-refractivity contribution in [1.82, 2.24) is 10.2 Å². The molecule has 0 bridgehead atoms. The Labute approximate surface area is 107 Å². The van der Waals surface area contributed by atoms with Crippen LogP contribution in [-0.4, -0.2) is 41.8 Å². The van der Waals surface area contributed by atoms with Gasteiger partial charge in [0.25, 0.3) is 0 Å². The standard InChI is InChI=1S/C12H23BrN2O/c1-4-10(13)11(16)14-9-12(15(2)3)7-5-6-8-12/h10H,4-9H2,1-3H3,(H,14,16). The van der Waals surface area contributed by atoms with Crippen LogP contribution in [0.15, 0.2) is 0 Å². The van der Waals surface area contributed by atoms with Gasteiger partial charge >= 0.3 is 0 Å². The number of likely N-dealkylation sites (N-methyl/N-ethyl adjacent to an activating group) is 1. The van der Waals surface area contributed by atoms with E-state index in [0.29, 0.717) is 0 Å². The zero-order chi connectivity index (χ0) is 12.2. The first-order chi connectivity index (χ1) is 7.52. The molecule has 0 aromatic heterocycles. The highest BCUT2D eigenvalue weighted by Crippen LogP contribution is 2.33. The number of carbonyl (C=O) groups is 1. The van der Waals surface area contributed by atoms with Crippen LogP contribution in [0.3, 0.4) is 0 Å². The van der Waals surface area contributed by atoms with E-state index in [0.717, 1.165) is 13.0 Å². The highest BCUT2D eigenvalue weighted by Gasteiger charge is 2.36. The lowest BCUT2D eigenvalue weighted by Crippen LogP contribution is -2.51. The van der Waals surface area contributed by atoms with Gasteiger partial charge in [0.15, 0.2) is 0 Å². The number of hydrogen-bond donors (Lipinski definition) is 1. The van der Waals surface area contributed by atoms with Crippen molar-refractivity contribution in [2.24, 2.45) is 0 Å². The van der Waals surface area contributed by atoms with Crippen LogP contribution < -0.4 is 5.32 Å². The number of nitrogens with zero attached hydrogens (tertiary/aromatic N) is 1. The van der Waals surface area contributed by atoms with E-state index in [-0.39, 0.29) is 16.3 Å². The Morgan fingerprint density at radius 3 is 2.44 bits per heavy atom. The molecule has 1 fully saturated rings. The van der Waals surface area contributed by atoms with Crippen molar-refractivity contribution in [3.8, 4) is 0 Å². The maximum absolute atomic E-state index is 11.7. The third kappa shape index (κ3) is 3.20. The number of alkyl halides is 1. The normalized spacial score (nSPS) is 21.1. The van der Waals surface area contributed by atoms with E-state index in [2.05, 4.69) is 40.2 Å². The molecule has 1 saturated carbocycles. The second kappa shape index (κ2) is 6.01. The summed E-state index contributed by atoms with van der Waals surface area (Å²) in [6, 6.07) is 0. The van der Waals surface area contributed by atoms with Gasteiger partial charge in [-0.05, 0) is 33.4 Å². The zero-order valence-electron chi connectivity index (χ0n) is 10.6. The van der Waals surface area contributed by atoms with Crippen LogP contribution in [-0.2, 0) is 4.79 Å². The second-order valence-electron chi connectivity index (χ2n) is 4.92. The van der Waals surface area contributed by atoms with Crippen LogP contribution in [0, 0.1) is 0 Å². The van der Waals surface area contributed by atoms with E-state index in [4.69, 9.17) is 0 Å². The Bertz CT molecular complexity index is 237. The molecule has 3 nitrogen and oxygen atoms in total. The van der Waals surface area contributed by atoms with E-state index in [1.807, 2.05) is 6.92 Å². The van der Waals surface area contributed by atoms with Gasteiger partial charge in [-0.25, -0.2) is 0 Å². The number of carbonyl (C=O) groups excluding carboxylic acids is 1. The quantitative estimate of drug-likeness (QED) is 0.787. The van der Waals surface area contributed by atoms with Crippen molar-refractivity contribution >= 4 is 21.8 Å². The Hall–Kier alpha value is -0.0900. The van der Waals surface area contributed by atoms with Crippen molar-refractivity contribution < 1.29 is 4.79 Å². The van der Waals surface area contributed by atoms with Crippen molar-refractivity contribution in [3.63, 3.8) is 0 Å². The van der Waals surface area contributed by atoms with Gasteiger partial charge in [-0.15, -0.1) is 0 Å². The molecule has 1 amide bonds. The molecule has 1 aliphatic carbocycles. The molecule has 1 aliphatic rings. The maximum Gasteiger partial charge on any atom is 0.233 e. The smallest absolute Gasteiger partial charge is 0.233 e. The van der Waals surface area contributed by atoms with Gasteiger partial charge in [0.05, 0.1) is 4.83 Å². The summed E-state index contributed by atoms with van der Waals surface area (Å²) >= 11 is 3.38. The van der Waals surface area contributed by atoms with Crippen molar-refractivity contribution in [2.75, 3.05) is 20.6 Å². The SMILES string of the molecule is CCC(Br)C(=O)NCC1(N(C)C)CCCC1. The minimum absolute atomic E-state index is 0.0480. The van der Waals surface area contributed by atoms with Gasteiger partial charge in [0.2, 0.25) is 5.91 Å². The van der Waals surface area contributed by atoms with Gasteiger partial charge in [-0.1, -0.05) is 35.7 Å². The molecule has 0 heterocycles. The fourth-order valence-electron chi connectivity index (χ4n) is 2.36. The van der Waals surface area contributed by atoms with E-state index in [1.165, 1.54) is 25.7 Å². The number of rotatable bonds is 5. The Kier molecular flexibility index (Phi) is 5.25. The molecule has 4 heteroatoms. The summed E-state index contributed by atoms with van der Waals surface area (Å²) < 4.78 is 0. The van der Waals surface area contributed by atoms with Crippen LogP contribution in [0.1, 0.15) is 39.0 Å². The van der Waals surface area contributed by atoms with Gasteiger partial charge < -0.3 is 10.2 Å². The largest absolute Gasteiger partial charge is 0.353 e. The van der Waals surface area contributed by atoms with Crippen molar-refractivity contribution in [1.29, 1.82) is 0 Å². The maximum atomic E-state index is 11.7. The Balaban J connectivity index is 2.48. The highest BCUT2D eigenvalue weighted by molar-refractivity contribution is 9.10. The van der Waals surface area contributed by atoms with E-state index in [9.17, 15) is 4.79 Å². The minimum atomic E-state index is -0.0480. The lowest BCUT2D eigenvalue weighted by atomic mass is 9.96. The first-order valence-corrected chi connectivity index (χ1v) is 7.02. The third-order valence-electron chi connectivity index (χ3n) is 3.72. The fraction of sp³-hybridized carbons (Fsp3) is 0.917. The first-order valence-electron chi connectivity index (χ1n) is 6.11. The number of halogens is 1. The third-order valence-corrected chi connectivity index (χ3v) is 4.78. The van der Waals surface area contributed by atoms with Crippen LogP contribution in [0.5, 0.6) is 0 Å². The number of hydrogen-bond acceptors (Lipinski definition) is 2. The first kappa shape index (κ1) is 14.0. The second-order valence-corrected chi connectivity index (χ2v) is 6.02. The monoisotopic (exact) mass is 290 g/mol. The topological polar surface area (TPSA) is 32.3 Å². The molecule has 0 saturated heterocycles. The lowest BCUT2D eigenvalue weighted by Gasteiger charge is -2.36. The molecular weight excluding hydrogens is 268 g/mol. The molecule has 0 aromatic carbocycles. The minimum Gasteiger partial charge on any atom is -0.353 e. The molecule has 0 aromatic rings. The fourth-order valence-corrected chi connectivity index (χ4v) is 2.52. The molecule has 1 N–H and O–H groups in total. The van der Waals surface area contributed by atoms with Crippen LogP contribution >= 0.6 is 15.9 Å². The number of nitrogens with one attached hydrogen (secondary N) is 1. The summed E-state index contributed by atoms with van der Waals surface area (Å²) in [7, 11) is 4.23. The molecular formula is C12H23BrN2O. The average Bonchev–Trinajstić information content (AvgIpc) is 2.74. The summed E-state index contributed by atoms with van der Waals surface area (Å²) in [5, 5.41) is 3.07. The predicted octanol–water partition coefficient (Wildman–Crippen LogP) is 2.15. The lowest BCUT2D eigenvalue weighted by molar-refractivity contribution is -0.121. The average molecular weight is 291 g/mol. The van der Waals surface area contributed by atoms with Crippen LogP contribution in [0.4, 0.5) is 0 Å². The molecule has 1 atom stereocenters. The molecule has 0 radical (unpaired) electrons. The van der Waals surface area contributed by atoms with Gasteiger partial charge in [-0.2, -0.15) is 0 Å². The van der Waals surface area contributed by atoms with E-state index < -0.39 is 0 Å². The summed E-state index contributed by atoms with van der Waals surface area (Å²) in [5.41, 5.74) is 0.191. The van der Waals surface area contributed by atoms with Gasteiger partial charge in [0.1, 0.15) is 0 Å². The summed E-state index contributed by atoms with van der Waals surface area (Å²) in [6.45, 7) is 2.79. The van der Waals surface area contributed by atoms with E-state index >= 15 is 0 Å². The predicted molar refractivity (Wildman–Crippen MR) is 70.9 cm³/mol. The van der Waals surface area contributed by atoms with Gasteiger partial charge in [-0.3, -0.25) is 4.79 Å². The molecule has 0 aliphatic heterocycles. The highest BCUT2D eigenvalue weighted by atomic mass is 79.9. The molecule has 16 heavy (non-hydrogen) atoms. The Morgan fingerprint density at radius 2 is 2.00 bits per heavy atom. The van der Waals surface area contributed by atoms with Crippen LogP contribution in [0.2, 0.25) is 0 Å². The van der Waals surface area contributed by atoms with Crippen molar-refractivity contribution in [3.05, 3.63) is 0 Å². The number of amides is 1. The summed E-state index contributed by atoms with van der Waals surface area (Å²) in [6.07, 6.45) is 5.78.